The Morgan fingerprint density at radius 1 is 1.60 bits per heavy atom. The number of rotatable bonds is 2. The first-order valence-electron chi connectivity index (χ1n) is 4.74. The molecule has 2 N–H and O–H groups in total. The Kier molecular flexibility index (Phi) is 2.70. The molecule has 1 aliphatic rings. The van der Waals surface area contributed by atoms with Crippen LogP contribution in [0.3, 0.4) is 0 Å². The van der Waals surface area contributed by atoms with E-state index < -0.39 is 5.76 Å². The second-order valence-electron chi connectivity index (χ2n) is 3.43. The van der Waals surface area contributed by atoms with E-state index in [2.05, 4.69) is 4.42 Å². The van der Waals surface area contributed by atoms with Crippen LogP contribution in [0.2, 0.25) is 0 Å². The Morgan fingerprint density at radius 3 is 3.00 bits per heavy atom. The molecule has 1 fully saturated rings. The number of ether oxygens (including phenoxy) is 1. The van der Waals surface area contributed by atoms with E-state index in [-0.39, 0.29) is 24.5 Å². The predicted octanol–water partition coefficient (Wildman–Crippen LogP) is -0.409. The highest BCUT2D eigenvalue weighted by atomic mass is 16.5. The number of hydrogen-bond donors (Lipinski definition) is 2. The Morgan fingerprint density at radius 2 is 2.40 bits per heavy atom. The standard InChI is InChI=1S/C9H12N2O4/c10-7-3-4-11(9(13)15-7)8-2-1-6(5-12)14-8/h3-4,6,8,10,12H,1-2,5H2/t6-,8+/m0/s1. The summed E-state index contributed by atoms with van der Waals surface area (Å²) < 4.78 is 11.3. The van der Waals surface area contributed by atoms with Crippen LogP contribution in [0.1, 0.15) is 19.1 Å². The second-order valence-corrected chi connectivity index (χ2v) is 3.43. The van der Waals surface area contributed by atoms with Crippen LogP contribution in [0.4, 0.5) is 0 Å². The van der Waals surface area contributed by atoms with Gasteiger partial charge in [0.05, 0.1) is 12.7 Å². The third-order valence-corrected chi connectivity index (χ3v) is 2.39. The SMILES string of the molecule is N=c1ccn([C@H]2CC[C@@H](CO)O2)c(=O)o1. The Bertz CT molecular complexity index is 450. The van der Waals surface area contributed by atoms with Gasteiger partial charge in [0.1, 0.15) is 6.23 Å². The number of nitrogens with zero attached hydrogens (tertiary/aromatic N) is 1. The molecule has 0 saturated carbocycles. The van der Waals surface area contributed by atoms with Gasteiger partial charge in [0.2, 0.25) is 5.55 Å². The van der Waals surface area contributed by atoms with Crippen molar-refractivity contribution in [1.29, 1.82) is 5.41 Å². The molecule has 0 bridgehead atoms. The summed E-state index contributed by atoms with van der Waals surface area (Å²) in [7, 11) is 0. The maximum atomic E-state index is 11.4. The minimum absolute atomic E-state index is 0.0427. The topological polar surface area (TPSA) is 88.5 Å². The van der Waals surface area contributed by atoms with Gasteiger partial charge in [-0.3, -0.25) is 9.98 Å². The molecule has 15 heavy (non-hydrogen) atoms. The van der Waals surface area contributed by atoms with Gasteiger partial charge < -0.3 is 14.3 Å². The van der Waals surface area contributed by atoms with E-state index in [0.29, 0.717) is 6.42 Å². The van der Waals surface area contributed by atoms with Crippen LogP contribution in [0, 0.1) is 5.41 Å². The highest BCUT2D eigenvalue weighted by Crippen LogP contribution is 2.26. The van der Waals surface area contributed by atoms with Gasteiger partial charge in [-0.1, -0.05) is 0 Å². The molecule has 2 atom stereocenters. The summed E-state index contributed by atoms with van der Waals surface area (Å²) in [5.74, 6) is -0.605. The molecule has 2 heterocycles. The number of nitrogens with one attached hydrogen (secondary N) is 1. The van der Waals surface area contributed by atoms with Gasteiger partial charge in [-0.2, -0.15) is 0 Å². The lowest BCUT2D eigenvalue weighted by atomic mass is 10.2. The van der Waals surface area contributed by atoms with Crippen molar-refractivity contribution in [2.24, 2.45) is 0 Å². The van der Waals surface area contributed by atoms with Gasteiger partial charge in [-0.25, -0.2) is 4.79 Å². The van der Waals surface area contributed by atoms with Gasteiger partial charge in [0.25, 0.3) is 0 Å². The van der Waals surface area contributed by atoms with Crippen molar-refractivity contribution in [3.63, 3.8) is 0 Å². The fourth-order valence-corrected chi connectivity index (χ4v) is 1.63. The molecule has 1 aromatic rings. The van der Waals surface area contributed by atoms with Gasteiger partial charge in [-0.05, 0) is 12.8 Å². The van der Waals surface area contributed by atoms with E-state index in [1.807, 2.05) is 0 Å². The van der Waals surface area contributed by atoms with Crippen LogP contribution >= 0.6 is 0 Å². The van der Waals surface area contributed by atoms with Gasteiger partial charge in [0, 0.05) is 12.3 Å². The van der Waals surface area contributed by atoms with Crippen molar-refractivity contribution < 1.29 is 14.3 Å². The lowest BCUT2D eigenvalue weighted by Crippen LogP contribution is -2.27. The van der Waals surface area contributed by atoms with Crippen molar-refractivity contribution in [3.05, 3.63) is 28.4 Å². The largest absolute Gasteiger partial charge is 0.422 e. The van der Waals surface area contributed by atoms with Gasteiger partial charge in [0.15, 0.2) is 0 Å². The van der Waals surface area contributed by atoms with Gasteiger partial charge in [-0.15, -0.1) is 0 Å². The molecule has 0 radical (unpaired) electrons. The first-order valence-corrected chi connectivity index (χ1v) is 4.74. The second kappa shape index (κ2) is 4.00. The fraction of sp³-hybridized carbons (Fsp3) is 0.556. The lowest BCUT2D eigenvalue weighted by molar-refractivity contribution is -0.0276. The summed E-state index contributed by atoms with van der Waals surface area (Å²) in [5.41, 5.74) is -0.173. The number of aliphatic hydroxyl groups excluding tert-OH is 1. The molecule has 6 nitrogen and oxygen atoms in total. The Hall–Kier alpha value is -1.40. The maximum Gasteiger partial charge on any atom is 0.422 e. The number of hydrogen-bond acceptors (Lipinski definition) is 5. The third-order valence-electron chi connectivity index (χ3n) is 2.39. The zero-order valence-electron chi connectivity index (χ0n) is 8.05. The van der Waals surface area contributed by atoms with Crippen LogP contribution in [0.15, 0.2) is 21.5 Å². The number of aromatic nitrogens is 1. The lowest BCUT2D eigenvalue weighted by Gasteiger charge is -2.13. The highest BCUT2D eigenvalue weighted by molar-refractivity contribution is 4.81. The van der Waals surface area contributed by atoms with Crippen LogP contribution in [0.5, 0.6) is 0 Å². The smallest absolute Gasteiger partial charge is 0.394 e. The van der Waals surface area contributed by atoms with Crippen molar-refractivity contribution in [1.82, 2.24) is 4.57 Å². The number of aliphatic hydroxyl groups is 1. The summed E-state index contributed by atoms with van der Waals surface area (Å²) in [6, 6.07) is 1.39. The zero-order chi connectivity index (χ0) is 10.8. The average molecular weight is 212 g/mol. The van der Waals surface area contributed by atoms with E-state index in [1.54, 1.807) is 0 Å². The Labute approximate surface area is 85.2 Å². The minimum atomic E-state index is -0.605. The summed E-state index contributed by atoms with van der Waals surface area (Å²) >= 11 is 0. The molecular formula is C9H12N2O4. The van der Waals surface area contributed by atoms with Crippen LogP contribution < -0.4 is 11.3 Å². The molecule has 1 saturated heterocycles. The third kappa shape index (κ3) is 2.00. The normalized spacial score (nSPS) is 25.7. The molecule has 0 aromatic carbocycles. The predicted molar refractivity (Wildman–Crippen MR) is 49.1 cm³/mol. The first kappa shape index (κ1) is 10.1. The Balaban J connectivity index is 2.24. The summed E-state index contributed by atoms with van der Waals surface area (Å²) in [5, 5.41) is 16.0. The molecule has 1 aliphatic heterocycles. The summed E-state index contributed by atoms with van der Waals surface area (Å²) in [6.07, 6.45) is 2.25. The molecule has 0 amide bonds. The molecule has 2 rings (SSSR count). The zero-order valence-corrected chi connectivity index (χ0v) is 8.05. The molecule has 1 aromatic heterocycles. The van der Waals surface area contributed by atoms with E-state index >= 15 is 0 Å². The van der Waals surface area contributed by atoms with Crippen LogP contribution in [0.25, 0.3) is 0 Å². The molecule has 6 heteroatoms. The quantitative estimate of drug-likeness (QED) is 0.697. The molecule has 0 aliphatic carbocycles. The summed E-state index contributed by atoms with van der Waals surface area (Å²) in [6.45, 7) is -0.0427. The molecule has 0 spiro atoms. The van der Waals surface area contributed by atoms with Crippen molar-refractivity contribution >= 4 is 0 Å². The maximum absolute atomic E-state index is 11.4. The van der Waals surface area contributed by atoms with E-state index in [0.717, 1.165) is 6.42 Å². The molecule has 0 unspecified atom stereocenters. The monoisotopic (exact) mass is 212 g/mol. The van der Waals surface area contributed by atoms with Crippen molar-refractivity contribution in [2.45, 2.75) is 25.2 Å². The first-order chi connectivity index (χ1) is 7.20. The summed E-state index contributed by atoms with van der Waals surface area (Å²) in [4.78, 5) is 11.4. The van der Waals surface area contributed by atoms with Crippen LogP contribution in [-0.4, -0.2) is 22.4 Å². The highest BCUT2D eigenvalue weighted by Gasteiger charge is 2.26. The average Bonchev–Trinajstić information content (AvgIpc) is 2.66. The van der Waals surface area contributed by atoms with E-state index in [9.17, 15) is 4.79 Å². The van der Waals surface area contributed by atoms with E-state index in [1.165, 1.54) is 16.8 Å². The van der Waals surface area contributed by atoms with Gasteiger partial charge >= 0.3 is 5.76 Å². The van der Waals surface area contributed by atoms with Crippen molar-refractivity contribution in [3.8, 4) is 0 Å². The van der Waals surface area contributed by atoms with Crippen LogP contribution in [-0.2, 0) is 4.74 Å². The molecule has 82 valence electrons. The van der Waals surface area contributed by atoms with E-state index in [4.69, 9.17) is 15.3 Å². The minimum Gasteiger partial charge on any atom is -0.394 e. The molecular weight excluding hydrogens is 200 g/mol. The fourth-order valence-electron chi connectivity index (χ4n) is 1.63. The van der Waals surface area contributed by atoms with Crippen molar-refractivity contribution in [2.75, 3.05) is 6.61 Å².